The summed E-state index contributed by atoms with van der Waals surface area (Å²) < 4.78 is 5.77. The van der Waals surface area contributed by atoms with Gasteiger partial charge in [0.1, 0.15) is 5.75 Å². The van der Waals surface area contributed by atoms with Crippen molar-refractivity contribution < 1.29 is 9.53 Å². The van der Waals surface area contributed by atoms with Crippen molar-refractivity contribution >= 4 is 18.3 Å². The van der Waals surface area contributed by atoms with E-state index in [1.165, 1.54) is 6.42 Å². The molecule has 2 N–H and O–H groups in total. The Kier molecular flexibility index (Phi) is 8.16. The molecule has 0 bridgehead atoms. The zero-order valence-electron chi connectivity index (χ0n) is 12.6. The molecule has 1 saturated carbocycles. The SMILES string of the molecule is CCCNCCNC(=O)c1ccc(OC2CCC2)cc1.Cl. The molecule has 0 spiro atoms. The fourth-order valence-electron chi connectivity index (χ4n) is 2.03. The molecule has 118 valence electrons. The highest BCUT2D eigenvalue weighted by Gasteiger charge is 2.18. The summed E-state index contributed by atoms with van der Waals surface area (Å²) in [7, 11) is 0. The van der Waals surface area contributed by atoms with Gasteiger partial charge in [0.25, 0.3) is 5.91 Å². The fraction of sp³-hybridized carbons (Fsp3) is 0.562. The molecule has 0 aliphatic heterocycles. The average Bonchev–Trinajstić information content (AvgIpc) is 2.43. The molecular formula is C16H25ClN2O2. The minimum atomic E-state index is -0.0292. The third kappa shape index (κ3) is 5.94. The molecule has 4 nitrogen and oxygen atoms in total. The molecule has 1 aliphatic carbocycles. The number of benzene rings is 1. The fourth-order valence-corrected chi connectivity index (χ4v) is 2.03. The Bertz CT molecular complexity index is 419. The van der Waals surface area contributed by atoms with Crippen LogP contribution in [-0.2, 0) is 0 Å². The van der Waals surface area contributed by atoms with Gasteiger partial charge in [-0.25, -0.2) is 0 Å². The van der Waals surface area contributed by atoms with Gasteiger partial charge < -0.3 is 15.4 Å². The number of ether oxygens (including phenoxy) is 1. The molecule has 0 unspecified atom stereocenters. The van der Waals surface area contributed by atoms with E-state index < -0.39 is 0 Å². The molecule has 1 aromatic carbocycles. The van der Waals surface area contributed by atoms with Crippen molar-refractivity contribution in [2.75, 3.05) is 19.6 Å². The normalized spacial score (nSPS) is 14.0. The first-order chi connectivity index (χ1) is 9.79. The lowest BCUT2D eigenvalue weighted by molar-refractivity contribution is 0.0953. The van der Waals surface area contributed by atoms with Crippen molar-refractivity contribution in [3.05, 3.63) is 29.8 Å². The Morgan fingerprint density at radius 3 is 2.48 bits per heavy atom. The second-order valence-electron chi connectivity index (χ2n) is 5.20. The molecular weight excluding hydrogens is 288 g/mol. The predicted molar refractivity (Wildman–Crippen MR) is 87.5 cm³/mol. The molecule has 1 amide bonds. The van der Waals surface area contributed by atoms with Crippen molar-refractivity contribution in [2.45, 2.75) is 38.7 Å². The van der Waals surface area contributed by atoms with Gasteiger partial charge in [-0.1, -0.05) is 6.92 Å². The van der Waals surface area contributed by atoms with Gasteiger partial charge in [0.2, 0.25) is 0 Å². The summed E-state index contributed by atoms with van der Waals surface area (Å²) in [4.78, 5) is 11.9. The minimum Gasteiger partial charge on any atom is -0.490 e. The van der Waals surface area contributed by atoms with Gasteiger partial charge in [-0.05, 0) is 56.5 Å². The van der Waals surface area contributed by atoms with Gasteiger partial charge in [0.15, 0.2) is 0 Å². The topological polar surface area (TPSA) is 50.4 Å². The van der Waals surface area contributed by atoms with Gasteiger partial charge in [0, 0.05) is 18.7 Å². The number of carbonyl (C=O) groups excluding carboxylic acids is 1. The van der Waals surface area contributed by atoms with Gasteiger partial charge in [-0.3, -0.25) is 4.79 Å². The van der Waals surface area contributed by atoms with Crippen LogP contribution in [0.1, 0.15) is 43.0 Å². The highest BCUT2D eigenvalue weighted by molar-refractivity contribution is 5.94. The number of carbonyl (C=O) groups is 1. The van der Waals surface area contributed by atoms with Crippen molar-refractivity contribution in [2.24, 2.45) is 0 Å². The van der Waals surface area contributed by atoms with Crippen molar-refractivity contribution in [3.8, 4) is 5.75 Å². The van der Waals surface area contributed by atoms with Crippen molar-refractivity contribution in [1.82, 2.24) is 10.6 Å². The van der Waals surface area contributed by atoms with E-state index in [9.17, 15) is 4.79 Å². The number of halogens is 1. The van der Waals surface area contributed by atoms with Gasteiger partial charge in [-0.2, -0.15) is 0 Å². The third-order valence-electron chi connectivity index (χ3n) is 3.49. The minimum absolute atomic E-state index is 0. The van der Waals surface area contributed by atoms with Crippen molar-refractivity contribution in [1.29, 1.82) is 0 Å². The number of hydrogen-bond acceptors (Lipinski definition) is 3. The molecule has 2 rings (SSSR count). The largest absolute Gasteiger partial charge is 0.490 e. The predicted octanol–water partition coefficient (Wildman–Crippen LogP) is 2.77. The number of hydrogen-bond donors (Lipinski definition) is 2. The Morgan fingerprint density at radius 2 is 1.90 bits per heavy atom. The summed E-state index contributed by atoms with van der Waals surface area (Å²) in [5.74, 6) is 0.828. The summed E-state index contributed by atoms with van der Waals surface area (Å²) >= 11 is 0. The van der Waals surface area contributed by atoms with Crippen LogP contribution in [0.15, 0.2) is 24.3 Å². The maximum Gasteiger partial charge on any atom is 0.251 e. The number of rotatable bonds is 8. The maximum absolute atomic E-state index is 11.9. The van der Waals surface area contributed by atoms with E-state index in [1.807, 2.05) is 24.3 Å². The monoisotopic (exact) mass is 312 g/mol. The van der Waals surface area contributed by atoms with Crippen LogP contribution in [0, 0.1) is 0 Å². The van der Waals surface area contributed by atoms with Crippen LogP contribution >= 0.6 is 12.4 Å². The van der Waals surface area contributed by atoms with Gasteiger partial charge in [0.05, 0.1) is 6.10 Å². The summed E-state index contributed by atoms with van der Waals surface area (Å²) in [6, 6.07) is 7.40. The first-order valence-electron chi connectivity index (χ1n) is 7.55. The van der Waals surface area contributed by atoms with E-state index >= 15 is 0 Å². The quantitative estimate of drug-likeness (QED) is 0.726. The summed E-state index contributed by atoms with van der Waals surface area (Å²) in [6.45, 7) is 4.57. The Balaban J connectivity index is 0.00000220. The first-order valence-corrected chi connectivity index (χ1v) is 7.55. The average molecular weight is 313 g/mol. The molecule has 1 fully saturated rings. The lowest BCUT2D eigenvalue weighted by Gasteiger charge is -2.26. The number of amides is 1. The van der Waals surface area contributed by atoms with E-state index in [4.69, 9.17) is 4.74 Å². The van der Waals surface area contributed by atoms with Crippen LogP contribution in [0.2, 0.25) is 0 Å². The lowest BCUT2D eigenvalue weighted by atomic mass is 9.96. The summed E-state index contributed by atoms with van der Waals surface area (Å²) in [6.07, 6.45) is 5.03. The molecule has 0 heterocycles. The van der Waals surface area contributed by atoms with Crippen LogP contribution in [0.4, 0.5) is 0 Å². The third-order valence-corrected chi connectivity index (χ3v) is 3.49. The molecule has 1 aromatic rings. The van der Waals surface area contributed by atoms with Gasteiger partial charge >= 0.3 is 0 Å². The highest BCUT2D eigenvalue weighted by Crippen LogP contribution is 2.25. The van der Waals surface area contributed by atoms with Crippen LogP contribution in [0.25, 0.3) is 0 Å². The van der Waals surface area contributed by atoms with Crippen LogP contribution in [-0.4, -0.2) is 31.6 Å². The van der Waals surface area contributed by atoms with E-state index in [2.05, 4.69) is 17.6 Å². The first kappa shape index (κ1) is 17.8. The standard InChI is InChI=1S/C16H24N2O2.ClH/c1-2-10-17-11-12-18-16(19)13-6-8-15(9-7-13)20-14-4-3-5-14;/h6-9,14,17H,2-5,10-12H2,1H3,(H,18,19);1H. The van der Waals surface area contributed by atoms with E-state index in [0.717, 1.165) is 38.1 Å². The second kappa shape index (κ2) is 9.64. The second-order valence-corrected chi connectivity index (χ2v) is 5.20. The molecule has 0 atom stereocenters. The Morgan fingerprint density at radius 1 is 1.19 bits per heavy atom. The molecule has 0 radical (unpaired) electrons. The zero-order valence-corrected chi connectivity index (χ0v) is 13.4. The Hall–Kier alpha value is -1.26. The van der Waals surface area contributed by atoms with Crippen LogP contribution in [0.5, 0.6) is 5.75 Å². The molecule has 1 aliphatic rings. The molecule has 0 saturated heterocycles. The highest BCUT2D eigenvalue weighted by atomic mass is 35.5. The summed E-state index contributed by atoms with van der Waals surface area (Å²) in [5, 5.41) is 6.15. The van der Waals surface area contributed by atoms with E-state index in [1.54, 1.807) is 0 Å². The molecule has 5 heteroatoms. The van der Waals surface area contributed by atoms with Crippen LogP contribution < -0.4 is 15.4 Å². The zero-order chi connectivity index (χ0) is 14.2. The Labute approximate surface area is 133 Å². The summed E-state index contributed by atoms with van der Waals surface area (Å²) in [5.41, 5.74) is 0.682. The van der Waals surface area contributed by atoms with Crippen molar-refractivity contribution in [3.63, 3.8) is 0 Å². The van der Waals surface area contributed by atoms with E-state index in [-0.39, 0.29) is 18.3 Å². The number of nitrogens with one attached hydrogen (secondary N) is 2. The van der Waals surface area contributed by atoms with Crippen LogP contribution in [0.3, 0.4) is 0 Å². The van der Waals surface area contributed by atoms with Gasteiger partial charge in [-0.15, -0.1) is 12.4 Å². The smallest absolute Gasteiger partial charge is 0.251 e. The maximum atomic E-state index is 11.9. The van der Waals surface area contributed by atoms with E-state index in [0.29, 0.717) is 18.2 Å². The molecule has 21 heavy (non-hydrogen) atoms. The lowest BCUT2D eigenvalue weighted by Crippen LogP contribution is -2.32. The molecule has 0 aromatic heterocycles.